The molecule has 0 saturated heterocycles. The van der Waals surface area contributed by atoms with Crippen molar-refractivity contribution >= 4 is 45.7 Å². The zero-order valence-corrected chi connectivity index (χ0v) is 18.3. The van der Waals surface area contributed by atoms with Gasteiger partial charge in [0.2, 0.25) is 12.7 Å². The molecule has 0 fully saturated rings. The molecule has 0 bridgehead atoms. The third-order valence-electron chi connectivity index (χ3n) is 5.25. The Balaban J connectivity index is 1.30. The third-order valence-corrected chi connectivity index (χ3v) is 7.10. The Morgan fingerprint density at radius 3 is 2.84 bits per heavy atom. The number of thiazole rings is 1. The van der Waals surface area contributed by atoms with Gasteiger partial charge in [-0.25, -0.2) is 4.98 Å². The molecule has 9 heteroatoms. The number of aromatic nitrogens is 1. The van der Waals surface area contributed by atoms with E-state index in [9.17, 15) is 9.59 Å². The summed E-state index contributed by atoms with van der Waals surface area (Å²) in [5, 5.41) is 6.37. The number of ether oxygens (including phenoxy) is 2. The van der Waals surface area contributed by atoms with Crippen molar-refractivity contribution in [2.75, 3.05) is 23.7 Å². The molecule has 3 aromatic rings. The second kappa shape index (κ2) is 8.24. The number of carbonyl (C=O) groups is 2. The summed E-state index contributed by atoms with van der Waals surface area (Å²) in [7, 11) is 0. The first-order chi connectivity index (χ1) is 15.1. The van der Waals surface area contributed by atoms with Gasteiger partial charge in [0.15, 0.2) is 16.6 Å². The number of fused-ring (bicyclic) bond motifs is 2. The van der Waals surface area contributed by atoms with Crippen LogP contribution in [0.2, 0.25) is 0 Å². The Labute approximate surface area is 187 Å². The molecular weight excluding hydrogens is 434 g/mol. The molecule has 0 radical (unpaired) electrons. The number of para-hydroxylation sites is 1. The van der Waals surface area contributed by atoms with Crippen molar-refractivity contribution in [2.45, 2.75) is 23.7 Å². The summed E-state index contributed by atoms with van der Waals surface area (Å²) >= 11 is 3.01. The molecule has 1 unspecified atom stereocenters. The van der Waals surface area contributed by atoms with Gasteiger partial charge in [0.1, 0.15) is 0 Å². The topological polar surface area (TPSA) is 89.6 Å². The number of nitrogens with zero attached hydrogens (tertiary/aromatic N) is 1. The van der Waals surface area contributed by atoms with E-state index < -0.39 is 0 Å². The van der Waals surface area contributed by atoms with Crippen molar-refractivity contribution in [3.05, 3.63) is 58.6 Å². The van der Waals surface area contributed by atoms with Gasteiger partial charge in [-0.05, 0) is 49.4 Å². The third kappa shape index (κ3) is 3.86. The summed E-state index contributed by atoms with van der Waals surface area (Å²) < 4.78 is 10.6. The van der Waals surface area contributed by atoms with Gasteiger partial charge in [0.25, 0.3) is 5.91 Å². The molecule has 5 rings (SSSR count). The lowest BCUT2D eigenvalue weighted by atomic mass is 10.1. The number of carbonyl (C=O) groups excluding carboxylic acids is 2. The number of amides is 2. The predicted molar refractivity (Wildman–Crippen MR) is 121 cm³/mol. The van der Waals surface area contributed by atoms with Crippen molar-refractivity contribution in [1.82, 2.24) is 4.98 Å². The van der Waals surface area contributed by atoms with Crippen LogP contribution in [0.3, 0.4) is 0 Å². The first kappa shape index (κ1) is 19.9. The van der Waals surface area contributed by atoms with Crippen molar-refractivity contribution in [3.8, 4) is 11.5 Å². The summed E-state index contributed by atoms with van der Waals surface area (Å²) in [5.74, 6) is 0.510. The van der Waals surface area contributed by atoms with E-state index in [2.05, 4.69) is 15.6 Å². The quantitative estimate of drug-likeness (QED) is 0.553. The zero-order valence-electron chi connectivity index (χ0n) is 16.6. The number of hydrogen-bond donors (Lipinski definition) is 2. The van der Waals surface area contributed by atoms with Gasteiger partial charge >= 0.3 is 0 Å². The van der Waals surface area contributed by atoms with Crippen molar-refractivity contribution in [1.29, 1.82) is 0 Å². The zero-order chi connectivity index (χ0) is 21.4. The maximum absolute atomic E-state index is 12.9. The molecule has 1 aliphatic heterocycles. The Kier molecular flexibility index (Phi) is 5.29. The first-order valence-electron chi connectivity index (χ1n) is 9.77. The molecule has 0 spiro atoms. The molecule has 1 aliphatic carbocycles. The minimum absolute atomic E-state index is 0.0702. The molecule has 158 valence electrons. The minimum atomic E-state index is -0.322. The van der Waals surface area contributed by atoms with E-state index in [4.69, 9.17) is 9.47 Å². The fraction of sp³-hybridized carbons (Fsp3) is 0.227. The van der Waals surface area contributed by atoms with Gasteiger partial charge in [-0.1, -0.05) is 12.1 Å². The van der Waals surface area contributed by atoms with Crippen LogP contribution in [0.25, 0.3) is 0 Å². The summed E-state index contributed by atoms with van der Waals surface area (Å²) in [6, 6.07) is 12.8. The van der Waals surface area contributed by atoms with Crippen LogP contribution >= 0.6 is 23.1 Å². The minimum Gasteiger partial charge on any atom is -0.454 e. The molecule has 2 aliphatic rings. The van der Waals surface area contributed by atoms with Crippen LogP contribution in [0.5, 0.6) is 11.5 Å². The van der Waals surface area contributed by atoms with Crippen LogP contribution in [0.1, 0.15) is 33.3 Å². The molecule has 2 amide bonds. The molecule has 7 nitrogen and oxygen atoms in total. The van der Waals surface area contributed by atoms with E-state index in [0.29, 0.717) is 22.2 Å². The molecule has 1 atom stereocenters. The Morgan fingerprint density at radius 1 is 1.13 bits per heavy atom. The van der Waals surface area contributed by atoms with E-state index in [-0.39, 0.29) is 24.5 Å². The van der Waals surface area contributed by atoms with E-state index in [0.717, 1.165) is 34.0 Å². The largest absolute Gasteiger partial charge is 0.454 e. The molecule has 1 aromatic heterocycles. The lowest BCUT2D eigenvalue weighted by molar-refractivity contribution is -0.117. The second-order valence-corrected chi connectivity index (χ2v) is 9.06. The highest BCUT2D eigenvalue weighted by Gasteiger charge is 2.33. The van der Waals surface area contributed by atoms with Crippen LogP contribution in [0, 0.1) is 0 Å². The van der Waals surface area contributed by atoms with Gasteiger partial charge in [0, 0.05) is 15.3 Å². The smallest absolute Gasteiger partial charge is 0.257 e. The summed E-state index contributed by atoms with van der Waals surface area (Å²) in [5.41, 5.74) is 2.02. The van der Waals surface area contributed by atoms with Crippen LogP contribution in [-0.2, 0) is 11.2 Å². The maximum Gasteiger partial charge on any atom is 0.257 e. The molecule has 2 aromatic carbocycles. The number of anilines is 2. The molecule has 0 saturated carbocycles. The van der Waals surface area contributed by atoms with Gasteiger partial charge in [-0.3, -0.25) is 14.9 Å². The first-order valence-corrected chi connectivity index (χ1v) is 11.8. The summed E-state index contributed by atoms with van der Waals surface area (Å²) in [6.45, 7) is 0.157. The SMILES string of the molecule is CSc1ccccc1NC(=O)C1CCc2sc(NC(=O)c3ccc4c(c3)OCO4)nc21. The van der Waals surface area contributed by atoms with Crippen molar-refractivity contribution < 1.29 is 19.1 Å². The summed E-state index contributed by atoms with van der Waals surface area (Å²) in [4.78, 5) is 32.2. The van der Waals surface area contributed by atoms with Crippen molar-refractivity contribution in [2.24, 2.45) is 0 Å². The van der Waals surface area contributed by atoms with E-state index in [1.54, 1.807) is 30.0 Å². The number of benzene rings is 2. The number of aryl methyl sites for hydroxylation is 1. The van der Waals surface area contributed by atoms with E-state index in [1.807, 2.05) is 30.5 Å². The van der Waals surface area contributed by atoms with Crippen LogP contribution in [0.4, 0.5) is 10.8 Å². The number of rotatable bonds is 5. The Bertz CT molecular complexity index is 1180. The lowest BCUT2D eigenvalue weighted by Crippen LogP contribution is -2.20. The average Bonchev–Trinajstić information content (AvgIpc) is 3.49. The van der Waals surface area contributed by atoms with Gasteiger partial charge < -0.3 is 14.8 Å². The normalized spacial score (nSPS) is 16.1. The second-order valence-electron chi connectivity index (χ2n) is 7.13. The van der Waals surface area contributed by atoms with Crippen LogP contribution < -0.4 is 20.1 Å². The molecule has 31 heavy (non-hydrogen) atoms. The van der Waals surface area contributed by atoms with Crippen molar-refractivity contribution in [3.63, 3.8) is 0 Å². The maximum atomic E-state index is 12.9. The lowest BCUT2D eigenvalue weighted by Gasteiger charge is -2.13. The van der Waals surface area contributed by atoms with Gasteiger partial charge in [-0.2, -0.15) is 0 Å². The predicted octanol–water partition coefficient (Wildman–Crippen LogP) is 4.51. The molecule has 2 heterocycles. The Hall–Kier alpha value is -3.04. The van der Waals surface area contributed by atoms with Gasteiger partial charge in [-0.15, -0.1) is 23.1 Å². The van der Waals surface area contributed by atoms with E-state index >= 15 is 0 Å². The molecular formula is C22H19N3O4S2. The van der Waals surface area contributed by atoms with E-state index in [1.165, 1.54) is 11.3 Å². The number of thioether (sulfide) groups is 1. The fourth-order valence-corrected chi connectivity index (χ4v) is 5.30. The highest BCUT2D eigenvalue weighted by atomic mass is 32.2. The monoisotopic (exact) mass is 453 g/mol. The standard InChI is InChI=1S/C22H19N3O4S2/c1-30-17-5-3-2-4-14(17)23-21(27)13-7-9-18-19(13)24-22(31-18)25-20(26)12-6-8-15-16(10-12)29-11-28-15/h2-6,8,10,13H,7,9,11H2,1H3,(H,23,27)(H,24,25,26). The number of nitrogens with one attached hydrogen (secondary N) is 2. The highest BCUT2D eigenvalue weighted by Crippen LogP contribution is 2.40. The summed E-state index contributed by atoms with van der Waals surface area (Å²) in [6.07, 6.45) is 3.47. The van der Waals surface area contributed by atoms with Gasteiger partial charge in [0.05, 0.1) is 17.3 Å². The Morgan fingerprint density at radius 2 is 1.97 bits per heavy atom. The highest BCUT2D eigenvalue weighted by molar-refractivity contribution is 7.98. The fourth-order valence-electron chi connectivity index (χ4n) is 3.71. The average molecular weight is 454 g/mol. The number of hydrogen-bond acceptors (Lipinski definition) is 7. The van der Waals surface area contributed by atoms with Crippen LogP contribution in [0.15, 0.2) is 47.4 Å². The van der Waals surface area contributed by atoms with Crippen LogP contribution in [-0.4, -0.2) is 29.8 Å². The molecule has 2 N–H and O–H groups in total.